The Labute approximate surface area is 509 Å². The molecule has 4 aliphatic carbocycles. The normalized spacial score (nSPS) is 54.5. The van der Waals surface area contributed by atoms with E-state index in [0.29, 0.717) is 50.5 Å². The molecule has 4 saturated carbocycles. The molecule has 33 nitrogen and oxygen atoms in total. The van der Waals surface area contributed by atoms with Crippen molar-refractivity contribution in [3.05, 3.63) is 12.2 Å². The van der Waals surface area contributed by atoms with Gasteiger partial charge in [0.2, 0.25) is 6.29 Å². The molecule has 0 aromatic carbocycles. The first-order chi connectivity index (χ1) is 42.1. The van der Waals surface area contributed by atoms with Gasteiger partial charge in [-0.15, -0.1) is 0 Å². The zero-order chi connectivity index (χ0) is 64.7. The van der Waals surface area contributed by atoms with Crippen LogP contribution in [-0.4, -0.2) is 338 Å². The van der Waals surface area contributed by atoms with Gasteiger partial charge in [0.05, 0.1) is 50.7 Å². The largest absolute Gasteiger partial charge is 0.432 e. The van der Waals surface area contributed by atoms with Crippen LogP contribution in [0, 0.1) is 28.1 Å². The lowest BCUT2D eigenvalue weighted by Crippen LogP contribution is -2.68. The maximum atomic E-state index is 15.0. The van der Waals surface area contributed by atoms with E-state index in [9.17, 15) is 102 Å². The molecule has 0 radical (unpaired) electrons. The average Bonchev–Trinajstić information content (AvgIpc) is 1.62. The van der Waals surface area contributed by atoms with Crippen molar-refractivity contribution in [3.8, 4) is 0 Å². The summed E-state index contributed by atoms with van der Waals surface area (Å²) in [5, 5.41) is 215. The molecule has 20 N–H and O–H groups in total. The lowest BCUT2D eigenvalue weighted by molar-refractivity contribution is -0.403. The summed E-state index contributed by atoms with van der Waals surface area (Å²) in [7, 11) is 0. The number of fused-ring (bicyclic) bond motifs is 3. The topological polar surface area (TPSA) is 532 Å². The number of esters is 1. The third-order valence-electron chi connectivity index (χ3n) is 21.3. The van der Waals surface area contributed by atoms with Crippen LogP contribution in [0.4, 0.5) is 0 Å². The minimum absolute atomic E-state index is 0.154. The van der Waals surface area contributed by atoms with Crippen LogP contribution in [0.5, 0.6) is 0 Å². The van der Waals surface area contributed by atoms with E-state index in [-0.39, 0.29) is 18.8 Å². The van der Waals surface area contributed by atoms with E-state index < -0.39 is 258 Å². The highest BCUT2D eigenvalue weighted by Gasteiger charge is 2.70. The summed E-state index contributed by atoms with van der Waals surface area (Å²) < 4.78 is 72.6. The fourth-order valence-electron chi connectivity index (χ4n) is 16.3. The molecule has 89 heavy (non-hydrogen) atoms. The second kappa shape index (κ2) is 27.2. The van der Waals surface area contributed by atoms with Crippen LogP contribution in [0.3, 0.4) is 0 Å². The molecule has 0 amide bonds. The predicted molar refractivity (Wildman–Crippen MR) is 284 cm³/mol. The summed E-state index contributed by atoms with van der Waals surface area (Å²) in [5.74, 6) is -1.33. The maximum Gasteiger partial charge on any atom is 0.314 e. The number of carbonyl (C=O) groups excluding carboxylic acids is 1. The van der Waals surface area contributed by atoms with E-state index in [1.54, 1.807) is 6.92 Å². The van der Waals surface area contributed by atoms with Crippen molar-refractivity contribution in [2.24, 2.45) is 28.1 Å². The number of rotatable bonds is 18. The number of carbonyl (C=O) groups is 1. The van der Waals surface area contributed by atoms with Crippen LogP contribution in [0.15, 0.2) is 12.2 Å². The molecule has 0 aromatic heterocycles. The van der Waals surface area contributed by atoms with E-state index in [0.717, 1.165) is 0 Å². The van der Waals surface area contributed by atoms with Crippen LogP contribution >= 0.6 is 0 Å². The molecule has 1 spiro atoms. The summed E-state index contributed by atoms with van der Waals surface area (Å²) >= 11 is 0. The van der Waals surface area contributed by atoms with E-state index in [4.69, 9.17) is 56.8 Å². The molecule has 10 rings (SSSR count). The van der Waals surface area contributed by atoms with Crippen LogP contribution in [-0.2, 0) is 61.6 Å². The second-order valence-electron chi connectivity index (χ2n) is 26.5. The zero-order valence-corrected chi connectivity index (χ0v) is 49.0. The van der Waals surface area contributed by atoms with Gasteiger partial charge in [-0.3, -0.25) is 4.79 Å². The molecular weight excluding hydrogens is 1200 g/mol. The first-order valence-electron chi connectivity index (χ1n) is 30.4. The van der Waals surface area contributed by atoms with Gasteiger partial charge in [-0.2, -0.15) is 0 Å². The van der Waals surface area contributed by atoms with Crippen molar-refractivity contribution in [2.45, 2.75) is 261 Å². The highest BCUT2D eigenvalue weighted by Crippen LogP contribution is 2.74. The fraction of sp³-hybridized carbons (Fsp3) is 0.946. The number of hydrogen-bond donors (Lipinski definition) is 20. The van der Waals surface area contributed by atoms with Crippen molar-refractivity contribution in [1.82, 2.24) is 0 Å². The Morgan fingerprint density at radius 2 is 0.865 bits per heavy atom. The molecule has 6 aliphatic heterocycles. The molecule has 33 heteroatoms. The smallest absolute Gasteiger partial charge is 0.314 e. The number of aliphatic hydroxyl groups excluding tert-OH is 20. The van der Waals surface area contributed by atoms with Gasteiger partial charge in [0.1, 0.15) is 140 Å². The Morgan fingerprint density at radius 3 is 1.36 bits per heavy atom. The Morgan fingerprint density at radius 1 is 0.449 bits per heavy atom. The molecular formula is C56H90O33. The van der Waals surface area contributed by atoms with Crippen molar-refractivity contribution >= 4 is 5.97 Å². The SMILES string of the molecule is C=C1C[C@@]23CCC4[C@](C)(C(=O)OC5OC(CO)C(O)C(O)C5OC5OC(CO)C(O)C(O)C5O)CCC[C@@]4(C)[C@@H]2CC[C@]1(OC1OC(COC2OC(CO)C(O)C(O)C2O)C(O)C(OC2OC(CO)C(O)C(O)C2O)C1OC1OC(CO)C(O)C(O)C1O)C3. The summed E-state index contributed by atoms with van der Waals surface area (Å²) in [6.45, 7) is 3.32. The molecule has 10 fully saturated rings. The van der Waals surface area contributed by atoms with Gasteiger partial charge in [-0.1, -0.05) is 19.9 Å². The average molecular weight is 1290 g/mol. The predicted octanol–water partition coefficient (Wildman–Crippen LogP) is -9.47. The summed E-state index contributed by atoms with van der Waals surface area (Å²) in [5.41, 5.74) is -3.27. The quantitative estimate of drug-likeness (QED) is 0.0344. The number of aliphatic hydroxyl groups is 20. The van der Waals surface area contributed by atoms with E-state index in [1.807, 2.05) is 0 Å². The Bertz CT molecular complexity index is 2390. The first-order valence-corrected chi connectivity index (χ1v) is 30.4. The Balaban J connectivity index is 0.938. The van der Waals surface area contributed by atoms with Gasteiger partial charge in [0.15, 0.2) is 37.6 Å². The van der Waals surface area contributed by atoms with Crippen LogP contribution in [0.1, 0.15) is 71.6 Å². The molecule has 10 aliphatic rings. The molecule has 0 aromatic rings. The van der Waals surface area contributed by atoms with Gasteiger partial charge in [0, 0.05) is 0 Å². The standard InChI is InChI=1S/C56H90O33/c1-19-11-55-9-5-26-53(2,7-4-8-54(26,3)52(77)88-50-44(38(72)32(66)24(16-61)83-50)86-48-41(75)36(70)30(64)22(14-59)81-48)27(55)6-10-56(19,18-55)89-51-45(87-49-42(76)37(71)31(65)23(15-60)82-49)43(85-47-40(74)35(69)29(63)21(13-58)80-47)33(67)25(84-51)17-78-46-39(73)34(68)28(62)20(12-57)79-46/h20-51,57-76H,1,4-18H2,2-3H3/t20?,21?,22?,23?,24?,25?,26?,27-,28?,29?,30?,31?,32?,33?,34?,35?,36?,37?,38?,39?,40?,41?,42?,43?,44?,45?,46?,47?,48?,49?,50?,51?,53+,54+,55+,56-/m0/s1. The van der Waals surface area contributed by atoms with Gasteiger partial charge in [-0.25, -0.2) is 0 Å². The zero-order valence-electron chi connectivity index (χ0n) is 49.0. The number of hydrogen-bond acceptors (Lipinski definition) is 33. The lowest BCUT2D eigenvalue weighted by atomic mass is 9.41. The minimum Gasteiger partial charge on any atom is -0.432 e. The highest BCUT2D eigenvalue weighted by molar-refractivity contribution is 5.77. The van der Waals surface area contributed by atoms with Crippen molar-refractivity contribution in [3.63, 3.8) is 0 Å². The third kappa shape index (κ3) is 12.4. The molecule has 6 saturated heterocycles. The Kier molecular flexibility index (Phi) is 21.4. The van der Waals surface area contributed by atoms with Gasteiger partial charge in [-0.05, 0) is 86.5 Å². The van der Waals surface area contributed by atoms with Gasteiger partial charge >= 0.3 is 5.97 Å². The van der Waals surface area contributed by atoms with Crippen LogP contribution in [0.25, 0.3) is 0 Å². The van der Waals surface area contributed by atoms with E-state index in [2.05, 4.69) is 13.5 Å². The van der Waals surface area contributed by atoms with Crippen LogP contribution in [0.2, 0.25) is 0 Å². The highest BCUT2D eigenvalue weighted by atomic mass is 16.8. The van der Waals surface area contributed by atoms with Crippen molar-refractivity contribution in [2.75, 3.05) is 39.6 Å². The molecule has 512 valence electrons. The van der Waals surface area contributed by atoms with Crippen molar-refractivity contribution < 1.29 is 164 Å². The molecule has 31 unspecified atom stereocenters. The van der Waals surface area contributed by atoms with Crippen LogP contribution < -0.4 is 0 Å². The summed E-state index contributed by atoms with van der Waals surface area (Å²) in [6, 6.07) is 0. The summed E-state index contributed by atoms with van der Waals surface area (Å²) in [4.78, 5) is 15.0. The number of ether oxygens (including phenoxy) is 12. The van der Waals surface area contributed by atoms with Gasteiger partial charge < -0.3 is 159 Å². The lowest BCUT2D eigenvalue weighted by Gasteiger charge is -2.64. The fourth-order valence-corrected chi connectivity index (χ4v) is 16.3. The Hall–Kier alpha value is -2.03. The maximum absolute atomic E-state index is 15.0. The molecule has 36 atom stereocenters. The van der Waals surface area contributed by atoms with Crippen molar-refractivity contribution in [1.29, 1.82) is 0 Å². The summed E-state index contributed by atoms with van der Waals surface area (Å²) in [6.07, 6.45) is -51.6. The minimum atomic E-state index is -2.10. The molecule has 6 heterocycles. The third-order valence-corrected chi connectivity index (χ3v) is 21.3. The van der Waals surface area contributed by atoms with E-state index >= 15 is 4.79 Å². The first kappa shape index (κ1) is 69.8. The second-order valence-corrected chi connectivity index (χ2v) is 26.5. The van der Waals surface area contributed by atoms with Gasteiger partial charge in [0.25, 0.3) is 0 Å². The molecule has 2 bridgehead atoms. The monoisotopic (exact) mass is 1290 g/mol. The van der Waals surface area contributed by atoms with E-state index in [1.165, 1.54) is 0 Å².